The second kappa shape index (κ2) is 12.3. The van der Waals surface area contributed by atoms with E-state index in [0.29, 0.717) is 6.42 Å². The maximum absolute atomic E-state index is 12.8. The molecule has 1 saturated heterocycles. The molecule has 1 aliphatic rings. The van der Waals surface area contributed by atoms with Crippen molar-refractivity contribution < 1.29 is 48.9 Å². The summed E-state index contributed by atoms with van der Waals surface area (Å²) in [5.74, 6) is -7.85. The Hall–Kier alpha value is -3.75. The minimum Gasteiger partial charge on any atom is -0.481 e. The number of amides is 4. The average Bonchev–Trinajstić information content (AvgIpc) is 3.18. The van der Waals surface area contributed by atoms with Crippen molar-refractivity contribution in [3.63, 3.8) is 0 Å². The number of hydrogen-bond donors (Lipinski definition) is 7. The van der Waals surface area contributed by atoms with E-state index in [2.05, 4.69) is 5.32 Å². The zero-order valence-electron chi connectivity index (χ0n) is 17.6. The number of carboxylic acids is 3. The van der Waals surface area contributed by atoms with Gasteiger partial charge < -0.3 is 42.3 Å². The van der Waals surface area contributed by atoms with Crippen LogP contribution in [-0.2, 0) is 33.6 Å². The van der Waals surface area contributed by atoms with Crippen LogP contribution in [0.15, 0.2) is 0 Å². The van der Waals surface area contributed by atoms with Crippen LogP contribution in [0.5, 0.6) is 0 Å². The van der Waals surface area contributed by atoms with Gasteiger partial charge in [-0.25, -0.2) is 4.79 Å². The molecule has 0 aromatic heterocycles. The smallest absolute Gasteiger partial charge is 0.326 e. The largest absolute Gasteiger partial charge is 0.481 e. The normalized spacial score (nSPS) is 18.0. The van der Waals surface area contributed by atoms with Crippen molar-refractivity contribution in [3.8, 4) is 0 Å². The van der Waals surface area contributed by atoms with Gasteiger partial charge in [0, 0.05) is 13.0 Å². The quantitative estimate of drug-likeness (QED) is 0.138. The molecular weight excluding hydrogens is 446 g/mol. The van der Waals surface area contributed by atoms with Gasteiger partial charge in [0.15, 0.2) is 0 Å². The predicted molar refractivity (Wildman–Crippen MR) is 107 cm³/mol. The van der Waals surface area contributed by atoms with Gasteiger partial charge in [-0.3, -0.25) is 28.8 Å². The standard InChI is InChI=1S/C18H27N5O10/c19-8(6-12(20)24)17(31)23-5-1-2-11(23)16(30)21-9(3-4-13(25)26)15(29)22-10(18(32)33)7-14(27)28/h8-11H,1-7,19H2,(H2,20,24)(H,21,30)(H,22,29)(H,25,26)(H,27,28)(H,32,33). The number of rotatable bonds is 13. The molecule has 0 spiro atoms. The highest BCUT2D eigenvalue weighted by Gasteiger charge is 2.38. The Balaban J connectivity index is 2.96. The van der Waals surface area contributed by atoms with Crippen LogP contribution >= 0.6 is 0 Å². The minimum atomic E-state index is -1.81. The van der Waals surface area contributed by atoms with E-state index >= 15 is 0 Å². The summed E-state index contributed by atoms with van der Waals surface area (Å²) in [4.78, 5) is 82.9. The summed E-state index contributed by atoms with van der Waals surface area (Å²) in [6, 6.07) is -5.66. The first-order valence-electron chi connectivity index (χ1n) is 9.95. The van der Waals surface area contributed by atoms with E-state index in [4.69, 9.17) is 26.8 Å². The number of likely N-dealkylation sites (tertiary alicyclic amines) is 1. The Morgan fingerprint density at radius 2 is 1.58 bits per heavy atom. The summed E-state index contributed by atoms with van der Waals surface area (Å²) in [5, 5.41) is 31.0. The monoisotopic (exact) mass is 473 g/mol. The third kappa shape index (κ3) is 8.72. The maximum atomic E-state index is 12.8. The molecule has 4 atom stereocenters. The van der Waals surface area contributed by atoms with E-state index < -0.39 is 91.4 Å². The highest BCUT2D eigenvalue weighted by molar-refractivity contribution is 5.95. The van der Waals surface area contributed by atoms with Crippen molar-refractivity contribution in [2.75, 3.05) is 6.54 Å². The van der Waals surface area contributed by atoms with Crippen LogP contribution in [0.25, 0.3) is 0 Å². The molecule has 15 heteroatoms. The summed E-state index contributed by atoms with van der Waals surface area (Å²) in [6.07, 6.45) is -1.75. The van der Waals surface area contributed by atoms with Gasteiger partial charge >= 0.3 is 17.9 Å². The first-order valence-corrected chi connectivity index (χ1v) is 9.95. The molecule has 0 bridgehead atoms. The summed E-state index contributed by atoms with van der Waals surface area (Å²) < 4.78 is 0. The highest BCUT2D eigenvalue weighted by Crippen LogP contribution is 2.19. The van der Waals surface area contributed by atoms with E-state index in [0.717, 1.165) is 4.90 Å². The first kappa shape index (κ1) is 27.3. The molecule has 0 saturated carbocycles. The van der Waals surface area contributed by atoms with Gasteiger partial charge in [0.1, 0.15) is 18.1 Å². The Labute approximate surface area is 187 Å². The Morgan fingerprint density at radius 1 is 0.939 bits per heavy atom. The van der Waals surface area contributed by atoms with Gasteiger partial charge in [0.05, 0.1) is 18.9 Å². The number of primary amides is 1. The Morgan fingerprint density at radius 3 is 2.09 bits per heavy atom. The number of carboxylic acid groups (broad SMARTS) is 3. The molecule has 0 aliphatic carbocycles. The SMILES string of the molecule is NC(=O)CC(N)C(=O)N1CCCC1C(=O)NC(CCC(=O)O)C(=O)NC(CC(=O)O)C(=O)O. The van der Waals surface area contributed by atoms with Crippen molar-refractivity contribution in [3.05, 3.63) is 0 Å². The van der Waals surface area contributed by atoms with Gasteiger partial charge in [-0.1, -0.05) is 0 Å². The lowest BCUT2D eigenvalue weighted by Gasteiger charge is -2.28. The molecule has 184 valence electrons. The summed E-state index contributed by atoms with van der Waals surface area (Å²) in [6.45, 7) is 0.148. The third-order valence-corrected chi connectivity index (χ3v) is 4.85. The highest BCUT2D eigenvalue weighted by atomic mass is 16.4. The van der Waals surface area contributed by atoms with E-state index in [1.807, 2.05) is 5.32 Å². The van der Waals surface area contributed by atoms with Crippen LogP contribution in [0.4, 0.5) is 0 Å². The molecule has 1 fully saturated rings. The minimum absolute atomic E-state index is 0.148. The van der Waals surface area contributed by atoms with Gasteiger partial charge in [0.2, 0.25) is 23.6 Å². The van der Waals surface area contributed by atoms with Crippen molar-refractivity contribution in [1.82, 2.24) is 15.5 Å². The van der Waals surface area contributed by atoms with Crippen LogP contribution in [0.2, 0.25) is 0 Å². The molecule has 1 rings (SSSR count). The molecule has 0 radical (unpaired) electrons. The van der Waals surface area contributed by atoms with Crippen LogP contribution in [0, 0.1) is 0 Å². The van der Waals surface area contributed by atoms with E-state index in [1.54, 1.807) is 0 Å². The molecule has 33 heavy (non-hydrogen) atoms. The van der Waals surface area contributed by atoms with Crippen molar-refractivity contribution >= 4 is 41.5 Å². The lowest BCUT2D eigenvalue weighted by atomic mass is 10.1. The van der Waals surface area contributed by atoms with E-state index in [9.17, 15) is 33.6 Å². The molecular formula is C18H27N5O10. The molecule has 0 aromatic carbocycles. The van der Waals surface area contributed by atoms with E-state index in [1.165, 1.54) is 0 Å². The summed E-state index contributed by atoms with van der Waals surface area (Å²) in [7, 11) is 0. The maximum Gasteiger partial charge on any atom is 0.326 e. The number of nitrogens with one attached hydrogen (secondary N) is 2. The number of carbonyl (C=O) groups excluding carboxylic acids is 4. The topological polar surface area (TPSA) is 260 Å². The first-order chi connectivity index (χ1) is 15.3. The second-order valence-electron chi connectivity index (χ2n) is 7.46. The molecule has 9 N–H and O–H groups in total. The summed E-state index contributed by atoms with van der Waals surface area (Å²) in [5.41, 5.74) is 10.7. The molecule has 0 aromatic rings. The number of hydrogen-bond acceptors (Lipinski definition) is 8. The Bertz CT molecular complexity index is 816. The van der Waals surface area contributed by atoms with Crippen LogP contribution in [-0.4, -0.2) is 92.5 Å². The number of carbonyl (C=O) groups is 7. The molecule has 15 nitrogen and oxygen atoms in total. The van der Waals surface area contributed by atoms with Crippen molar-refractivity contribution in [2.24, 2.45) is 11.5 Å². The van der Waals surface area contributed by atoms with Gasteiger partial charge in [-0.15, -0.1) is 0 Å². The van der Waals surface area contributed by atoms with Crippen molar-refractivity contribution in [1.29, 1.82) is 0 Å². The number of aliphatic carboxylic acids is 3. The predicted octanol–water partition coefficient (Wildman–Crippen LogP) is -3.43. The molecule has 1 aliphatic heterocycles. The van der Waals surface area contributed by atoms with Gasteiger partial charge in [-0.05, 0) is 19.3 Å². The van der Waals surface area contributed by atoms with E-state index in [-0.39, 0.29) is 13.0 Å². The zero-order valence-corrected chi connectivity index (χ0v) is 17.6. The van der Waals surface area contributed by atoms with Crippen LogP contribution < -0.4 is 22.1 Å². The van der Waals surface area contributed by atoms with Crippen LogP contribution in [0.3, 0.4) is 0 Å². The molecule has 4 unspecified atom stereocenters. The fraction of sp³-hybridized carbons (Fsp3) is 0.611. The summed E-state index contributed by atoms with van der Waals surface area (Å²) >= 11 is 0. The lowest BCUT2D eigenvalue weighted by Crippen LogP contribution is -2.57. The number of nitrogens with two attached hydrogens (primary N) is 2. The van der Waals surface area contributed by atoms with Crippen molar-refractivity contribution in [2.45, 2.75) is 62.7 Å². The fourth-order valence-electron chi connectivity index (χ4n) is 3.27. The lowest BCUT2D eigenvalue weighted by molar-refractivity contribution is -0.147. The van der Waals surface area contributed by atoms with Gasteiger partial charge in [-0.2, -0.15) is 0 Å². The number of nitrogens with zero attached hydrogens (tertiary/aromatic N) is 1. The Kier molecular flexibility index (Phi) is 10.2. The molecule has 4 amide bonds. The fourth-order valence-corrected chi connectivity index (χ4v) is 3.27. The third-order valence-electron chi connectivity index (χ3n) is 4.85. The molecule has 1 heterocycles. The van der Waals surface area contributed by atoms with Gasteiger partial charge in [0.25, 0.3) is 0 Å². The zero-order chi connectivity index (χ0) is 25.3. The van der Waals surface area contributed by atoms with Crippen LogP contribution in [0.1, 0.15) is 38.5 Å². The second-order valence-corrected chi connectivity index (χ2v) is 7.46. The average molecular weight is 473 g/mol.